The zero-order valence-corrected chi connectivity index (χ0v) is 14.0. The molecule has 0 saturated carbocycles. The predicted molar refractivity (Wildman–Crippen MR) is 89.7 cm³/mol. The Balaban J connectivity index is 0.000000472. The number of carboxylic acids is 2. The van der Waals surface area contributed by atoms with Gasteiger partial charge in [-0.1, -0.05) is 18.5 Å². The minimum Gasteiger partial charge on any atom is -0.478 e. The summed E-state index contributed by atoms with van der Waals surface area (Å²) in [5.41, 5.74) is 0. The molecule has 0 amide bonds. The van der Waals surface area contributed by atoms with E-state index < -0.39 is 11.9 Å². The standard InChI is InChI=1S/C11H16ClNS.C4H4O4/c1-3-13-9(2)8-14-11-6-4-10(12)5-7-11;5-3(6)1-2-4(7)8/h4-7,9,13H,3,8H2,1-2H3;1-2H,(H,5,6)(H,7,8). The van der Waals surface area contributed by atoms with Crippen LogP contribution in [0.15, 0.2) is 41.3 Å². The van der Waals surface area contributed by atoms with E-state index in [1.807, 2.05) is 23.9 Å². The molecule has 3 N–H and O–H groups in total. The Labute approximate surface area is 139 Å². The van der Waals surface area contributed by atoms with Crippen molar-refractivity contribution in [1.82, 2.24) is 5.32 Å². The lowest BCUT2D eigenvalue weighted by Gasteiger charge is -2.11. The molecule has 0 aliphatic rings. The normalized spacial score (nSPS) is 11.6. The van der Waals surface area contributed by atoms with Gasteiger partial charge in [-0.3, -0.25) is 0 Å². The van der Waals surface area contributed by atoms with Gasteiger partial charge in [0.05, 0.1) is 0 Å². The number of hydrogen-bond acceptors (Lipinski definition) is 4. The highest BCUT2D eigenvalue weighted by Gasteiger charge is 2.00. The SMILES string of the molecule is CCNC(C)CSc1ccc(Cl)cc1.O=C(O)C=CC(=O)O. The second kappa shape index (κ2) is 12.1. The Morgan fingerprint density at radius 1 is 1.23 bits per heavy atom. The Kier molecular flexibility index (Phi) is 11.3. The first-order valence-electron chi connectivity index (χ1n) is 6.60. The second-order valence-corrected chi connectivity index (χ2v) is 5.76. The van der Waals surface area contributed by atoms with Gasteiger partial charge in [0.1, 0.15) is 0 Å². The van der Waals surface area contributed by atoms with Crippen LogP contribution < -0.4 is 5.32 Å². The number of rotatable bonds is 7. The highest BCUT2D eigenvalue weighted by Crippen LogP contribution is 2.20. The van der Waals surface area contributed by atoms with Crippen LogP contribution in [0, 0.1) is 0 Å². The largest absolute Gasteiger partial charge is 0.478 e. The third-order valence-corrected chi connectivity index (χ3v) is 3.76. The van der Waals surface area contributed by atoms with Crippen LogP contribution in [0.5, 0.6) is 0 Å². The molecule has 1 aromatic rings. The smallest absolute Gasteiger partial charge is 0.328 e. The maximum atomic E-state index is 9.55. The van der Waals surface area contributed by atoms with Crippen molar-refractivity contribution < 1.29 is 19.8 Å². The molecule has 0 heterocycles. The average molecular weight is 346 g/mol. The lowest BCUT2D eigenvalue weighted by molar-refractivity contribution is -0.134. The highest BCUT2D eigenvalue weighted by molar-refractivity contribution is 7.99. The van der Waals surface area contributed by atoms with Crippen molar-refractivity contribution in [1.29, 1.82) is 0 Å². The van der Waals surface area contributed by atoms with E-state index in [1.165, 1.54) is 4.90 Å². The Bertz CT molecular complexity index is 475. The van der Waals surface area contributed by atoms with Crippen molar-refractivity contribution in [3.8, 4) is 0 Å². The molecule has 1 unspecified atom stereocenters. The molecule has 1 atom stereocenters. The molecule has 0 radical (unpaired) electrons. The molecule has 0 bridgehead atoms. The third kappa shape index (κ3) is 12.3. The van der Waals surface area contributed by atoms with E-state index in [1.54, 1.807) is 0 Å². The minimum absolute atomic E-state index is 0.556. The van der Waals surface area contributed by atoms with Crippen molar-refractivity contribution in [3.63, 3.8) is 0 Å². The van der Waals surface area contributed by atoms with Crippen LogP contribution in [0.2, 0.25) is 5.02 Å². The molecule has 0 aliphatic carbocycles. The molecule has 0 saturated heterocycles. The van der Waals surface area contributed by atoms with Crippen LogP contribution in [0.4, 0.5) is 0 Å². The summed E-state index contributed by atoms with van der Waals surface area (Å²) >= 11 is 7.66. The van der Waals surface area contributed by atoms with E-state index in [-0.39, 0.29) is 0 Å². The Hall–Kier alpha value is -1.50. The van der Waals surface area contributed by atoms with Gasteiger partial charge in [-0.15, -0.1) is 11.8 Å². The van der Waals surface area contributed by atoms with Gasteiger partial charge >= 0.3 is 11.9 Å². The fourth-order valence-corrected chi connectivity index (χ4v) is 2.32. The molecular weight excluding hydrogens is 326 g/mol. The zero-order chi connectivity index (χ0) is 17.0. The van der Waals surface area contributed by atoms with Gasteiger partial charge in [0.25, 0.3) is 0 Å². The molecule has 22 heavy (non-hydrogen) atoms. The Morgan fingerprint density at radius 3 is 2.14 bits per heavy atom. The van der Waals surface area contributed by atoms with Crippen molar-refractivity contribution >= 4 is 35.3 Å². The van der Waals surface area contributed by atoms with Gasteiger partial charge in [-0.2, -0.15) is 0 Å². The topological polar surface area (TPSA) is 86.6 Å². The number of carboxylic acid groups (broad SMARTS) is 2. The van der Waals surface area contributed by atoms with Crippen molar-refractivity contribution in [2.45, 2.75) is 24.8 Å². The monoisotopic (exact) mass is 345 g/mol. The van der Waals surface area contributed by atoms with Crippen molar-refractivity contribution in [2.24, 2.45) is 0 Å². The molecule has 122 valence electrons. The van der Waals surface area contributed by atoms with Gasteiger partial charge in [0.2, 0.25) is 0 Å². The molecule has 0 fully saturated rings. The van der Waals surface area contributed by atoms with E-state index in [0.29, 0.717) is 18.2 Å². The first kappa shape index (κ1) is 20.5. The number of halogens is 1. The Morgan fingerprint density at radius 2 is 1.73 bits per heavy atom. The van der Waals surface area contributed by atoms with E-state index in [4.69, 9.17) is 21.8 Å². The summed E-state index contributed by atoms with van der Waals surface area (Å²) in [6.45, 7) is 5.36. The van der Waals surface area contributed by atoms with Crippen molar-refractivity contribution in [3.05, 3.63) is 41.4 Å². The van der Waals surface area contributed by atoms with Crippen LogP contribution in [-0.4, -0.2) is 40.5 Å². The number of hydrogen-bond donors (Lipinski definition) is 3. The summed E-state index contributed by atoms with van der Waals surface area (Å²) in [7, 11) is 0. The summed E-state index contributed by atoms with van der Waals surface area (Å²) in [6, 6.07) is 8.54. The summed E-state index contributed by atoms with van der Waals surface area (Å²) in [5, 5.41) is 19.8. The summed E-state index contributed by atoms with van der Waals surface area (Å²) in [5.74, 6) is -1.42. The average Bonchev–Trinajstić information content (AvgIpc) is 2.45. The fourth-order valence-electron chi connectivity index (χ4n) is 1.30. The maximum Gasteiger partial charge on any atom is 0.328 e. The summed E-state index contributed by atoms with van der Waals surface area (Å²) < 4.78 is 0. The van der Waals surface area contributed by atoms with E-state index in [2.05, 4.69) is 31.3 Å². The van der Waals surface area contributed by atoms with Crippen LogP contribution in [0.25, 0.3) is 0 Å². The molecule has 0 aromatic heterocycles. The van der Waals surface area contributed by atoms with Crippen LogP contribution in [-0.2, 0) is 9.59 Å². The second-order valence-electron chi connectivity index (χ2n) is 4.23. The van der Waals surface area contributed by atoms with Crippen LogP contribution >= 0.6 is 23.4 Å². The molecular formula is C15H20ClNO4S. The van der Waals surface area contributed by atoms with Gasteiger partial charge in [0.15, 0.2) is 0 Å². The number of aliphatic carboxylic acids is 2. The van der Waals surface area contributed by atoms with Gasteiger partial charge < -0.3 is 15.5 Å². The van der Waals surface area contributed by atoms with Gasteiger partial charge in [-0.05, 0) is 37.7 Å². The first-order chi connectivity index (χ1) is 10.3. The molecule has 1 aromatic carbocycles. The fraction of sp³-hybridized carbons (Fsp3) is 0.333. The number of nitrogens with one attached hydrogen (secondary N) is 1. The first-order valence-corrected chi connectivity index (χ1v) is 7.97. The van der Waals surface area contributed by atoms with Crippen LogP contribution in [0.3, 0.4) is 0 Å². The van der Waals surface area contributed by atoms with E-state index in [9.17, 15) is 9.59 Å². The lowest BCUT2D eigenvalue weighted by Crippen LogP contribution is -2.27. The molecule has 0 aliphatic heterocycles. The van der Waals surface area contributed by atoms with Gasteiger partial charge in [-0.25, -0.2) is 9.59 Å². The number of carbonyl (C=O) groups is 2. The third-order valence-electron chi connectivity index (χ3n) is 2.23. The summed E-state index contributed by atoms with van der Waals surface area (Å²) in [4.78, 5) is 20.4. The predicted octanol–water partition coefficient (Wildman–Crippen LogP) is 3.14. The number of thioether (sulfide) groups is 1. The molecule has 7 heteroatoms. The highest BCUT2D eigenvalue weighted by atomic mass is 35.5. The lowest BCUT2D eigenvalue weighted by atomic mass is 10.4. The van der Waals surface area contributed by atoms with Crippen LogP contribution in [0.1, 0.15) is 13.8 Å². The van der Waals surface area contributed by atoms with Crippen molar-refractivity contribution in [2.75, 3.05) is 12.3 Å². The van der Waals surface area contributed by atoms with Gasteiger partial charge in [0, 0.05) is 33.9 Å². The van der Waals surface area contributed by atoms with E-state index in [0.717, 1.165) is 17.3 Å². The molecule has 5 nitrogen and oxygen atoms in total. The quantitative estimate of drug-likeness (QED) is 0.520. The molecule has 1 rings (SSSR count). The minimum atomic E-state index is -1.26. The van der Waals surface area contributed by atoms with E-state index >= 15 is 0 Å². The number of benzene rings is 1. The zero-order valence-electron chi connectivity index (χ0n) is 12.5. The summed E-state index contributed by atoms with van der Waals surface area (Å²) in [6.07, 6.45) is 1.12. The maximum absolute atomic E-state index is 9.55. The molecule has 0 spiro atoms.